The second-order valence-corrected chi connectivity index (χ2v) is 10.7. The smallest absolute Gasteiger partial charge is 0.325 e. The van der Waals surface area contributed by atoms with Crippen LogP contribution >= 0.6 is 0 Å². The molecule has 28 heavy (non-hydrogen) atoms. The van der Waals surface area contributed by atoms with Crippen molar-refractivity contribution in [3.8, 4) is 0 Å². The molecule has 3 fully saturated rings. The van der Waals surface area contributed by atoms with E-state index in [0.717, 1.165) is 17.7 Å². The number of nitrogens with zero attached hydrogens (tertiary/aromatic N) is 3. The molecule has 0 atom stereocenters. The molecular formula is C18H30N4O5S. The fourth-order valence-corrected chi connectivity index (χ4v) is 4.75. The van der Waals surface area contributed by atoms with Crippen LogP contribution in [0.3, 0.4) is 0 Å². The maximum atomic E-state index is 12.9. The highest BCUT2D eigenvalue weighted by Gasteiger charge is 2.52. The molecule has 1 aliphatic carbocycles. The number of carbonyl (C=O) groups is 3. The molecule has 0 aromatic rings. The van der Waals surface area contributed by atoms with Crippen LogP contribution in [0, 0.1) is 5.92 Å². The van der Waals surface area contributed by atoms with Crippen LogP contribution in [0.15, 0.2) is 0 Å². The van der Waals surface area contributed by atoms with Crippen LogP contribution in [-0.4, -0.2) is 97.8 Å². The molecule has 2 aliphatic heterocycles. The minimum absolute atomic E-state index is 0.101. The van der Waals surface area contributed by atoms with E-state index in [1.807, 2.05) is 4.90 Å². The van der Waals surface area contributed by atoms with E-state index in [4.69, 9.17) is 0 Å². The number of sulfone groups is 1. The largest absolute Gasteiger partial charge is 0.339 e. The van der Waals surface area contributed by atoms with E-state index in [1.165, 1.54) is 6.26 Å². The number of piperazine rings is 1. The van der Waals surface area contributed by atoms with E-state index >= 15 is 0 Å². The molecule has 1 N–H and O–H groups in total. The Labute approximate surface area is 166 Å². The van der Waals surface area contributed by atoms with Crippen molar-refractivity contribution in [2.45, 2.75) is 38.1 Å². The van der Waals surface area contributed by atoms with E-state index < -0.39 is 21.4 Å². The Morgan fingerprint density at radius 2 is 1.75 bits per heavy atom. The lowest BCUT2D eigenvalue weighted by Crippen LogP contribution is -2.53. The van der Waals surface area contributed by atoms with Crippen molar-refractivity contribution in [1.82, 2.24) is 20.0 Å². The lowest BCUT2D eigenvalue weighted by Gasteiger charge is -2.35. The van der Waals surface area contributed by atoms with Crippen molar-refractivity contribution in [2.24, 2.45) is 5.92 Å². The number of nitrogens with one attached hydrogen (secondary N) is 1. The van der Waals surface area contributed by atoms with Gasteiger partial charge in [-0.3, -0.25) is 19.4 Å². The maximum absolute atomic E-state index is 12.9. The predicted molar refractivity (Wildman–Crippen MR) is 103 cm³/mol. The topological polar surface area (TPSA) is 107 Å². The van der Waals surface area contributed by atoms with Crippen molar-refractivity contribution in [3.63, 3.8) is 0 Å². The highest BCUT2D eigenvalue weighted by molar-refractivity contribution is 7.90. The van der Waals surface area contributed by atoms with E-state index in [0.29, 0.717) is 51.5 Å². The zero-order valence-electron chi connectivity index (χ0n) is 16.6. The Hall–Kier alpha value is -1.68. The second-order valence-electron chi connectivity index (χ2n) is 8.44. The molecule has 4 amide bonds. The molecule has 0 radical (unpaired) electrons. The van der Waals surface area contributed by atoms with Crippen LogP contribution in [0.5, 0.6) is 0 Å². The van der Waals surface area contributed by atoms with Gasteiger partial charge < -0.3 is 10.2 Å². The molecule has 3 aliphatic rings. The molecule has 0 aromatic carbocycles. The van der Waals surface area contributed by atoms with E-state index in [2.05, 4.69) is 12.2 Å². The molecule has 0 aromatic heterocycles. The summed E-state index contributed by atoms with van der Waals surface area (Å²) in [5, 5.41) is 2.84. The SMILES string of the molecule is CC1CCC2(CC1)NC(=O)N(CC(=O)N1CCN(CCS(C)(=O)=O)CC1)C2=O. The predicted octanol–water partition coefficient (Wildman–Crippen LogP) is -0.324. The summed E-state index contributed by atoms with van der Waals surface area (Å²) in [6.45, 7) is 4.47. The van der Waals surface area contributed by atoms with Gasteiger partial charge in [-0.15, -0.1) is 0 Å². The molecule has 3 rings (SSSR count). The molecule has 2 heterocycles. The third-order valence-corrected chi connectivity index (χ3v) is 7.09. The summed E-state index contributed by atoms with van der Waals surface area (Å²) in [4.78, 5) is 42.6. The molecule has 10 heteroatoms. The normalized spacial score (nSPS) is 29.4. The maximum Gasteiger partial charge on any atom is 0.325 e. The van der Waals surface area contributed by atoms with Crippen molar-refractivity contribution >= 4 is 27.7 Å². The van der Waals surface area contributed by atoms with Crippen molar-refractivity contribution < 1.29 is 22.8 Å². The average Bonchev–Trinajstić information content (AvgIpc) is 2.86. The van der Waals surface area contributed by atoms with Gasteiger partial charge in [0.1, 0.15) is 21.9 Å². The van der Waals surface area contributed by atoms with Gasteiger partial charge in [-0.25, -0.2) is 13.2 Å². The Kier molecular flexibility index (Phi) is 6.00. The fourth-order valence-electron chi connectivity index (χ4n) is 4.16. The molecule has 0 bridgehead atoms. The number of amides is 4. The highest BCUT2D eigenvalue weighted by Crippen LogP contribution is 2.36. The summed E-state index contributed by atoms with van der Waals surface area (Å²) in [5.41, 5.74) is -0.825. The molecule has 1 saturated carbocycles. The number of hydrogen-bond donors (Lipinski definition) is 1. The lowest BCUT2D eigenvalue weighted by atomic mass is 9.77. The number of imide groups is 1. The van der Waals surface area contributed by atoms with Gasteiger partial charge in [-0.05, 0) is 31.6 Å². The fraction of sp³-hybridized carbons (Fsp3) is 0.833. The van der Waals surface area contributed by atoms with Crippen molar-refractivity contribution in [1.29, 1.82) is 0 Å². The number of rotatable bonds is 5. The standard InChI is InChI=1S/C18H30N4O5S/c1-14-3-5-18(6-4-14)16(24)22(17(25)19-18)13-15(23)21-9-7-20(8-10-21)11-12-28(2,26)27/h14H,3-13H2,1-2H3,(H,19,25). The van der Waals surface area contributed by atoms with Gasteiger partial charge in [0.05, 0.1) is 5.75 Å². The van der Waals surface area contributed by atoms with Gasteiger partial charge in [-0.1, -0.05) is 6.92 Å². The Morgan fingerprint density at radius 1 is 1.14 bits per heavy atom. The first-order valence-corrected chi connectivity index (χ1v) is 12.0. The molecule has 0 unspecified atom stereocenters. The summed E-state index contributed by atoms with van der Waals surface area (Å²) in [5.74, 6) is 0.131. The van der Waals surface area contributed by atoms with Crippen molar-refractivity contribution in [3.05, 3.63) is 0 Å². The quantitative estimate of drug-likeness (QED) is 0.618. The second kappa shape index (κ2) is 7.98. The highest BCUT2D eigenvalue weighted by atomic mass is 32.2. The molecule has 158 valence electrons. The Morgan fingerprint density at radius 3 is 2.32 bits per heavy atom. The van der Waals surface area contributed by atoms with Crippen LogP contribution < -0.4 is 5.32 Å². The number of urea groups is 1. The lowest BCUT2D eigenvalue weighted by molar-refractivity contribution is -0.140. The van der Waals surface area contributed by atoms with Crippen LogP contribution in [0.25, 0.3) is 0 Å². The van der Waals surface area contributed by atoms with Gasteiger partial charge >= 0.3 is 6.03 Å². The summed E-state index contributed by atoms with van der Waals surface area (Å²) in [6.07, 6.45) is 4.25. The van der Waals surface area contributed by atoms with E-state index in [1.54, 1.807) is 4.90 Å². The first-order valence-electron chi connectivity index (χ1n) is 9.92. The molecule has 2 saturated heterocycles. The Bertz CT molecular complexity index is 737. The minimum atomic E-state index is -3.01. The molecule has 1 spiro atoms. The van der Waals surface area contributed by atoms with Crippen LogP contribution in [0.2, 0.25) is 0 Å². The van der Waals surface area contributed by atoms with Gasteiger partial charge in [0.15, 0.2) is 0 Å². The summed E-state index contributed by atoms with van der Waals surface area (Å²) in [6, 6.07) is -0.473. The third kappa shape index (κ3) is 4.65. The summed E-state index contributed by atoms with van der Waals surface area (Å²) in [7, 11) is -3.01. The first-order chi connectivity index (χ1) is 13.1. The number of carbonyl (C=O) groups excluding carboxylic acids is 3. The van der Waals surface area contributed by atoms with Gasteiger partial charge in [0, 0.05) is 39.0 Å². The van der Waals surface area contributed by atoms with Gasteiger partial charge in [0.2, 0.25) is 5.91 Å². The van der Waals surface area contributed by atoms with Crippen molar-refractivity contribution in [2.75, 3.05) is 51.3 Å². The summed E-state index contributed by atoms with van der Waals surface area (Å²) < 4.78 is 22.6. The molecule has 9 nitrogen and oxygen atoms in total. The zero-order valence-corrected chi connectivity index (χ0v) is 17.5. The van der Waals surface area contributed by atoms with E-state index in [9.17, 15) is 22.8 Å². The summed E-state index contributed by atoms with van der Waals surface area (Å²) >= 11 is 0. The minimum Gasteiger partial charge on any atom is -0.339 e. The zero-order chi connectivity index (χ0) is 20.5. The Balaban J connectivity index is 1.51. The average molecular weight is 415 g/mol. The van der Waals surface area contributed by atoms with Crippen LogP contribution in [-0.2, 0) is 19.4 Å². The molecular weight excluding hydrogens is 384 g/mol. The van der Waals surface area contributed by atoms with Gasteiger partial charge in [0.25, 0.3) is 5.91 Å². The van der Waals surface area contributed by atoms with Gasteiger partial charge in [-0.2, -0.15) is 0 Å². The van der Waals surface area contributed by atoms with Crippen LogP contribution in [0.4, 0.5) is 4.79 Å². The van der Waals surface area contributed by atoms with E-state index in [-0.39, 0.29) is 24.1 Å². The number of hydrogen-bond acceptors (Lipinski definition) is 6. The monoisotopic (exact) mass is 414 g/mol. The van der Waals surface area contributed by atoms with Crippen LogP contribution in [0.1, 0.15) is 32.6 Å². The first kappa shape index (κ1) is 21.0. The third-order valence-electron chi connectivity index (χ3n) is 6.17.